The van der Waals surface area contributed by atoms with Gasteiger partial charge in [-0.3, -0.25) is 9.59 Å². The van der Waals surface area contributed by atoms with Crippen LogP contribution in [-0.4, -0.2) is 60.6 Å². The van der Waals surface area contributed by atoms with Gasteiger partial charge >= 0.3 is 24.1 Å². The quantitative estimate of drug-likeness (QED) is 0.168. The van der Waals surface area contributed by atoms with Crippen molar-refractivity contribution in [3.05, 3.63) is 119 Å². The topological polar surface area (TPSA) is 151 Å². The van der Waals surface area contributed by atoms with Gasteiger partial charge in [0.25, 0.3) is 0 Å². The zero-order valence-electron chi connectivity index (χ0n) is 25.0. The van der Waals surface area contributed by atoms with Crippen LogP contribution in [0.5, 0.6) is 0 Å². The first kappa shape index (κ1) is 31.8. The molecule has 2 aliphatic rings. The van der Waals surface area contributed by atoms with Crippen LogP contribution >= 0.6 is 0 Å². The van der Waals surface area contributed by atoms with Gasteiger partial charge in [-0.05, 0) is 44.5 Å². The highest BCUT2D eigenvalue weighted by Gasteiger charge is 2.30. The van der Waals surface area contributed by atoms with Crippen LogP contribution in [0.15, 0.2) is 97.1 Å². The summed E-state index contributed by atoms with van der Waals surface area (Å²) in [4.78, 5) is 44.2. The Kier molecular flexibility index (Phi) is 10.3. The number of fused-ring (bicyclic) bond motifs is 6. The van der Waals surface area contributed by atoms with Gasteiger partial charge in [0, 0.05) is 24.9 Å². The van der Waals surface area contributed by atoms with Crippen LogP contribution in [0.4, 0.5) is 9.59 Å². The van der Waals surface area contributed by atoms with Crippen molar-refractivity contribution in [1.29, 1.82) is 0 Å². The standard InChI is InChI=1S/2C18H17NO4/c2*20-17(21)9-10-19-18(22)23-11-16-14-7-3-1-5-12(14)13-6-2-4-8-15(13)16/h2*1-8,16H,9-11H2,(H,19,22)(H,20,21). The highest BCUT2D eigenvalue weighted by atomic mass is 16.6. The van der Waals surface area contributed by atoms with Gasteiger partial charge in [-0.15, -0.1) is 0 Å². The lowest BCUT2D eigenvalue weighted by molar-refractivity contribution is -0.137. The summed E-state index contributed by atoms with van der Waals surface area (Å²) in [6, 6.07) is 32.4. The summed E-state index contributed by atoms with van der Waals surface area (Å²) in [7, 11) is 0. The minimum absolute atomic E-state index is 0.00706. The van der Waals surface area contributed by atoms with E-state index < -0.39 is 24.1 Å². The van der Waals surface area contributed by atoms with Crippen LogP contribution in [-0.2, 0) is 19.1 Å². The Morgan fingerprint density at radius 1 is 0.500 bits per heavy atom. The van der Waals surface area contributed by atoms with Crippen LogP contribution in [0.25, 0.3) is 22.3 Å². The summed E-state index contributed by atoms with van der Waals surface area (Å²) >= 11 is 0. The maximum Gasteiger partial charge on any atom is 0.407 e. The average Bonchev–Trinajstić information content (AvgIpc) is 3.55. The highest BCUT2D eigenvalue weighted by Crippen LogP contribution is 2.45. The maximum atomic E-state index is 11.7. The van der Waals surface area contributed by atoms with Gasteiger partial charge < -0.3 is 30.3 Å². The van der Waals surface area contributed by atoms with Gasteiger partial charge in [-0.2, -0.15) is 0 Å². The molecule has 0 bridgehead atoms. The van der Waals surface area contributed by atoms with Crippen molar-refractivity contribution in [2.24, 2.45) is 0 Å². The van der Waals surface area contributed by atoms with E-state index in [0.717, 1.165) is 22.3 Å². The third-order valence-electron chi connectivity index (χ3n) is 7.90. The number of benzene rings is 4. The van der Waals surface area contributed by atoms with Crippen molar-refractivity contribution in [1.82, 2.24) is 10.6 Å². The minimum Gasteiger partial charge on any atom is -0.481 e. The molecule has 0 atom stereocenters. The summed E-state index contributed by atoms with van der Waals surface area (Å²) in [5.41, 5.74) is 9.26. The number of carboxylic acid groups (broad SMARTS) is 2. The molecule has 0 aromatic heterocycles. The molecule has 0 aliphatic heterocycles. The van der Waals surface area contributed by atoms with E-state index in [0.29, 0.717) is 0 Å². The molecule has 0 unspecified atom stereocenters. The van der Waals surface area contributed by atoms with E-state index in [1.165, 1.54) is 22.3 Å². The first-order valence-corrected chi connectivity index (χ1v) is 14.9. The van der Waals surface area contributed by atoms with E-state index in [9.17, 15) is 19.2 Å². The fraction of sp³-hybridized carbons (Fsp3) is 0.222. The summed E-state index contributed by atoms with van der Waals surface area (Å²) in [6.07, 6.45) is -1.42. The van der Waals surface area contributed by atoms with Gasteiger partial charge in [-0.25, -0.2) is 9.59 Å². The van der Waals surface area contributed by atoms with E-state index in [1.54, 1.807) is 0 Å². The molecule has 10 nitrogen and oxygen atoms in total. The van der Waals surface area contributed by atoms with Crippen molar-refractivity contribution in [3.8, 4) is 22.3 Å². The largest absolute Gasteiger partial charge is 0.481 e. The summed E-state index contributed by atoms with van der Waals surface area (Å²) in [5.74, 6) is -1.90. The van der Waals surface area contributed by atoms with Crippen molar-refractivity contribution < 1.29 is 38.9 Å². The number of ether oxygens (including phenoxy) is 2. The molecule has 0 saturated heterocycles. The Morgan fingerprint density at radius 2 is 0.783 bits per heavy atom. The number of amides is 2. The molecule has 2 amide bonds. The Labute approximate surface area is 266 Å². The lowest BCUT2D eigenvalue weighted by Gasteiger charge is -2.14. The number of aliphatic carboxylic acids is 2. The second-order valence-electron chi connectivity index (χ2n) is 10.8. The number of carboxylic acids is 2. The number of hydrogen-bond donors (Lipinski definition) is 4. The Balaban J connectivity index is 0.000000181. The lowest BCUT2D eigenvalue weighted by Crippen LogP contribution is -2.28. The molecule has 0 saturated carbocycles. The van der Waals surface area contributed by atoms with Crippen molar-refractivity contribution in [3.63, 3.8) is 0 Å². The fourth-order valence-corrected chi connectivity index (χ4v) is 5.84. The fourth-order valence-electron chi connectivity index (χ4n) is 5.84. The number of alkyl carbamates (subject to hydrolysis) is 2. The van der Waals surface area contributed by atoms with Gasteiger partial charge in [-0.1, -0.05) is 97.1 Å². The molecule has 6 rings (SSSR count). The summed E-state index contributed by atoms with van der Waals surface area (Å²) in [6.45, 7) is 0.581. The number of rotatable bonds is 10. The Morgan fingerprint density at radius 3 is 1.07 bits per heavy atom. The van der Waals surface area contributed by atoms with Crippen LogP contribution < -0.4 is 10.6 Å². The number of carbonyl (C=O) groups is 4. The molecule has 46 heavy (non-hydrogen) atoms. The Bertz CT molecular complexity index is 1520. The Hall–Kier alpha value is -5.64. The molecule has 4 aromatic rings. The van der Waals surface area contributed by atoms with Gasteiger partial charge in [0.05, 0.1) is 12.8 Å². The second-order valence-corrected chi connectivity index (χ2v) is 10.8. The van der Waals surface area contributed by atoms with Gasteiger partial charge in [0.1, 0.15) is 13.2 Å². The predicted molar refractivity (Wildman–Crippen MR) is 171 cm³/mol. The molecule has 4 aromatic carbocycles. The smallest absolute Gasteiger partial charge is 0.407 e. The third-order valence-corrected chi connectivity index (χ3v) is 7.90. The molecule has 0 heterocycles. The molecule has 236 valence electrons. The maximum absolute atomic E-state index is 11.7. The number of nitrogens with one attached hydrogen (secondary N) is 2. The van der Waals surface area contributed by atoms with E-state index >= 15 is 0 Å². The van der Waals surface area contributed by atoms with Crippen molar-refractivity contribution >= 4 is 24.1 Å². The molecular formula is C36H34N2O8. The highest BCUT2D eigenvalue weighted by molar-refractivity contribution is 5.80. The monoisotopic (exact) mass is 622 g/mol. The minimum atomic E-state index is -0.955. The van der Waals surface area contributed by atoms with Crippen LogP contribution in [0.1, 0.15) is 46.9 Å². The van der Waals surface area contributed by atoms with E-state index in [4.69, 9.17) is 19.7 Å². The zero-order valence-corrected chi connectivity index (χ0v) is 25.0. The number of carbonyl (C=O) groups excluding carboxylic acids is 2. The molecular weight excluding hydrogens is 588 g/mol. The molecule has 0 fully saturated rings. The van der Waals surface area contributed by atoms with E-state index in [1.807, 2.05) is 72.8 Å². The first-order valence-electron chi connectivity index (χ1n) is 14.9. The molecule has 0 radical (unpaired) electrons. The SMILES string of the molecule is O=C(O)CCNC(=O)OCC1c2ccccc2-c2ccccc21.O=C(O)CCNC(=O)OCC1c2ccccc2-c2ccccc21. The van der Waals surface area contributed by atoms with Gasteiger partial charge in [0.15, 0.2) is 0 Å². The van der Waals surface area contributed by atoms with Crippen LogP contribution in [0, 0.1) is 0 Å². The second kappa shape index (κ2) is 14.9. The normalized spacial score (nSPS) is 12.3. The zero-order chi connectivity index (χ0) is 32.5. The molecule has 2 aliphatic carbocycles. The molecule has 10 heteroatoms. The number of hydrogen-bond acceptors (Lipinski definition) is 6. The molecule has 0 spiro atoms. The van der Waals surface area contributed by atoms with Crippen molar-refractivity contribution in [2.45, 2.75) is 24.7 Å². The molecule has 4 N–H and O–H groups in total. The van der Waals surface area contributed by atoms with E-state index in [-0.39, 0.29) is 51.0 Å². The van der Waals surface area contributed by atoms with Crippen molar-refractivity contribution in [2.75, 3.05) is 26.3 Å². The first-order chi connectivity index (χ1) is 22.3. The van der Waals surface area contributed by atoms with Crippen LogP contribution in [0.2, 0.25) is 0 Å². The van der Waals surface area contributed by atoms with E-state index in [2.05, 4.69) is 34.9 Å². The predicted octanol–water partition coefficient (Wildman–Crippen LogP) is 6.00. The summed E-state index contributed by atoms with van der Waals surface area (Å²) in [5, 5.41) is 22.0. The average molecular weight is 623 g/mol. The van der Waals surface area contributed by atoms with Gasteiger partial charge in [0.2, 0.25) is 0 Å². The third kappa shape index (κ3) is 7.52. The van der Waals surface area contributed by atoms with Crippen LogP contribution in [0.3, 0.4) is 0 Å². The lowest BCUT2D eigenvalue weighted by atomic mass is 9.98. The summed E-state index contributed by atoms with van der Waals surface area (Å²) < 4.78 is 10.6.